The fourth-order valence-electron chi connectivity index (χ4n) is 2.61. The Bertz CT molecular complexity index is 839. The van der Waals surface area contributed by atoms with E-state index in [1.165, 1.54) is 12.1 Å². The van der Waals surface area contributed by atoms with E-state index in [-0.39, 0.29) is 6.42 Å². The molecular weight excluding hydrogens is 353 g/mol. The molecule has 2 amide bonds. The summed E-state index contributed by atoms with van der Waals surface area (Å²) < 4.78 is 39.5. The Labute approximate surface area is 145 Å². The lowest BCUT2D eigenvalue weighted by Crippen LogP contribution is -2.33. The topological polar surface area (TPSA) is 63.4 Å². The van der Waals surface area contributed by atoms with Crippen LogP contribution in [0.2, 0.25) is 0 Å². The van der Waals surface area contributed by atoms with Crippen LogP contribution in [0.5, 0.6) is 0 Å². The van der Waals surface area contributed by atoms with Crippen molar-refractivity contribution in [3.05, 3.63) is 54.1 Å². The summed E-state index contributed by atoms with van der Waals surface area (Å²) in [7, 11) is 0. The van der Waals surface area contributed by atoms with Crippen molar-refractivity contribution < 1.29 is 22.8 Å². The zero-order valence-corrected chi connectivity index (χ0v) is 13.6. The summed E-state index contributed by atoms with van der Waals surface area (Å²) in [6.45, 7) is 0. The maximum Gasteiger partial charge on any atom is 0.418 e. The first-order chi connectivity index (χ1) is 11.8. The van der Waals surface area contributed by atoms with E-state index in [4.69, 9.17) is 5.73 Å². The van der Waals surface area contributed by atoms with E-state index >= 15 is 0 Å². The number of nitrogen functional groups attached to an aromatic ring is 1. The van der Waals surface area contributed by atoms with E-state index in [0.29, 0.717) is 15.5 Å². The highest BCUT2D eigenvalue weighted by atomic mass is 32.2. The number of alkyl halides is 3. The van der Waals surface area contributed by atoms with E-state index in [1.54, 1.807) is 24.3 Å². The van der Waals surface area contributed by atoms with Gasteiger partial charge in [0.2, 0.25) is 11.8 Å². The molecule has 130 valence electrons. The van der Waals surface area contributed by atoms with E-state index in [1.807, 2.05) is 0 Å². The standard InChI is InChI=1S/C17H13F3N2O2S/c18-17(19,20)12-6-1-2-7-13(12)22-15(23)9-14(16(22)24)25-11-5-3-4-10(21)8-11/h1-8,14H,9,21H2. The van der Waals surface area contributed by atoms with Crippen molar-refractivity contribution >= 4 is 35.0 Å². The first-order valence-electron chi connectivity index (χ1n) is 7.32. The number of anilines is 2. The Morgan fingerprint density at radius 3 is 2.48 bits per heavy atom. The third-order valence-electron chi connectivity index (χ3n) is 3.69. The third kappa shape index (κ3) is 3.48. The van der Waals surface area contributed by atoms with Crippen LogP contribution in [-0.2, 0) is 15.8 Å². The number of hydrogen-bond acceptors (Lipinski definition) is 4. The third-order valence-corrected chi connectivity index (χ3v) is 4.87. The minimum atomic E-state index is -4.66. The molecule has 0 bridgehead atoms. The maximum absolute atomic E-state index is 13.2. The van der Waals surface area contributed by atoms with Gasteiger partial charge >= 0.3 is 6.18 Å². The predicted molar refractivity (Wildman–Crippen MR) is 89.1 cm³/mol. The number of halogens is 3. The first kappa shape index (κ1) is 17.3. The molecule has 1 heterocycles. The highest BCUT2D eigenvalue weighted by Crippen LogP contribution is 2.40. The molecule has 1 fully saturated rings. The van der Waals surface area contributed by atoms with Gasteiger partial charge in [-0.3, -0.25) is 9.59 Å². The van der Waals surface area contributed by atoms with Crippen LogP contribution >= 0.6 is 11.8 Å². The number of benzene rings is 2. The zero-order chi connectivity index (χ0) is 18.2. The van der Waals surface area contributed by atoms with Gasteiger partial charge in [-0.05, 0) is 30.3 Å². The van der Waals surface area contributed by atoms with Gasteiger partial charge in [-0.1, -0.05) is 18.2 Å². The predicted octanol–water partition coefficient (Wildman–Crippen LogP) is 3.71. The van der Waals surface area contributed by atoms with Gasteiger partial charge in [0.25, 0.3) is 0 Å². The number of hydrogen-bond donors (Lipinski definition) is 1. The molecule has 1 saturated heterocycles. The van der Waals surface area contributed by atoms with Gasteiger partial charge in [0, 0.05) is 17.0 Å². The zero-order valence-electron chi connectivity index (χ0n) is 12.8. The molecule has 4 nitrogen and oxygen atoms in total. The van der Waals surface area contributed by atoms with E-state index in [0.717, 1.165) is 23.9 Å². The smallest absolute Gasteiger partial charge is 0.399 e. The van der Waals surface area contributed by atoms with Gasteiger partial charge in [-0.25, -0.2) is 4.90 Å². The lowest BCUT2D eigenvalue weighted by atomic mass is 10.1. The average Bonchev–Trinajstić information content (AvgIpc) is 2.80. The van der Waals surface area contributed by atoms with Crippen molar-refractivity contribution in [1.82, 2.24) is 0 Å². The molecule has 3 rings (SSSR count). The number of para-hydroxylation sites is 1. The van der Waals surface area contributed by atoms with Gasteiger partial charge in [0.1, 0.15) is 0 Å². The number of rotatable bonds is 3. The Morgan fingerprint density at radius 2 is 1.80 bits per heavy atom. The number of carbonyl (C=O) groups excluding carboxylic acids is 2. The molecule has 0 saturated carbocycles. The Balaban J connectivity index is 1.90. The SMILES string of the molecule is Nc1cccc(SC2CC(=O)N(c3ccccc3C(F)(F)F)C2=O)c1. The largest absolute Gasteiger partial charge is 0.418 e. The number of carbonyl (C=O) groups is 2. The van der Waals surface area contributed by atoms with Crippen molar-refractivity contribution in [3.63, 3.8) is 0 Å². The summed E-state index contributed by atoms with van der Waals surface area (Å²) >= 11 is 1.12. The summed E-state index contributed by atoms with van der Waals surface area (Å²) in [4.78, 5) is 26.1. The first-order valence-corrected chi connectivity index (χ1v) is 8.20. The molecular formula is C17H13F3N2O2S. The minimum absolute atomic E-state index is 0.162. The van der Waals surface area contributed by atoms with Crippen LogP contribution in [0.15, 0.2) is 53.4 Å². The van der Waals surface area contributed by atoms with Gasteiger partial charge < -0.3 is 5.73 Å². The number of nitrogens with two attached hydrogens (primary N) is 1. The molecule has 8 heteroatoms. The van der Waals surface area contributed by atoms with Gasteiger partial charge in [0.15, 0.2) is 0 Å². The van der Waals surface area contributed by atoms with Crippen molar-refractivity contribution in [1.29, 1.82) is 0 Å². The molecule has 0 aliphatic carbocycles. The van der Waals surface area contributed by atoms with Gasteiger partial charge in [-0.15, -0.1) is 11.8 Å². The van der Waals surface area contributed by atoms with Crippen LogP contribution in [0.1, 0.15) is 12.0 Å². The van der Waals surface area contributed by atoms with Crippen molar-refractivity contribution in [3.8, 4) is 0 Å². The molecule has 2 aromatic rings. The molecule has 1 unspecified atom stereocenters. The summed E-state index contributed by atoms with van der Waals surface area (Å²) in [6.07, 6.45) is -4.82. The van der Waals surface area contributed by atoms with Crippen LogP contribution in [0.4, 0.5) is 24.5 Å². The van der Waals surface area contributed by atoms with Crippen molar-refractivity contribution in [2.45, 2.75) is 22.7 Å². The summed E-state index contributed by atoms with van der Waals surface area (Å²) in [6, 6.07) is 11.3. The second-order valence-corrected chi connectivity index (χ2v) is 6.74. The molecule has 25 heavy (non-hydrogen) atoms. The van der Waals surface area contributed by atoms with Gasteiger partial charge in [-0.2, -0.15) is 13.2 Å². The summed E-state index contributed by atoms with van der Waals surface area (Å²) in [5.74, 6) is -1.31. The van der Waals surface area contributed by atoms with Crippen LogP contribution in [0.25, 0.3) is 0 Å². The molecule has 0 spiro atoms. The highest BCUT2D eigenvalue weighted by Gasteiger charge is 2.44. The monoisotopic (exact) mass is 366 g/mol. The van der Waals surface area contributed by atoms with E-state index in [2.05, 4.69) is 0 Å². The van der Waals surface area contributed by atoms with Crippen LogP contribution in [0, 0.1) is 0 Å². The van der Waals surface area contributed by atoms with Crippen LogP contribution in [-0.4, -0.2) is 17.1 Å². The lowest BCUT2D eigenvalue weighted by molar-refractivity contribution is -0.137. The fourth-order valence-corrected chi connectivity index (χ4v) is 3.73. The maximum atomic E-state index is 13.2. The molecule has 1 aliphatic heterocycles. The van der Waals surface area contributed by atoms with Gasteiger partial charge in [0.05, 0.1) is 16.5 Å². The van der Waals surface area contributed by atoms with Crippen LogP contribution < -0.4 is 10.6 Å². The normalized spacial score (nSPS) is 18.0. The molecule has 1 aliphatic rings. The Kier molecular flexibility index (Phi) is 4.47. The second kappa shape index (κ2) is 6.44. The summed E-state index contributed by atoms with van der Waals surface area (Å²) in [5, 5.41) is -0.782. The fraction of sp³-hybridized carbons (Fsp3) is 0.176. The van der Waals surface area contributed by atoms with Crippen molar-refractivity contribution in [2.24, 2.45) is 0 Å². The minimum Gasteiger partial charge on any atom is -0.399 e. The molecule has 2 aromatic carbocycles. The molecule has 2 N–H and O–H groups in total. The van der Waals surface area contributed by atoms with E-state index < -0.39 is 34.5 Å². The number of thioether (sulfide) groups is 1. The number of imide groups is 1. The molecule has 1 atom stereocenters. The summed E-state index contributed by atoms with van der Waals surface area (Å²) in [5.41, 5.74) is 4.74. The molecule has 0 aromatic heterocycles. The highest BCUT2D eigenvalue weighted by molar-refractivity contribution is 8.00. The molecule has 0 radical (unpaired) electrons. The van der Waals surface area contributed by atoms with Crippen LogP contribution in [0.3, 0.4) is 0 Å². The quantitative estimate of drug-likeness (QED) is 0.664. The Hall–Kier alpha value is -2.48. The number of amides is 2. The lowest BCUT2D eigenvalue weighted by Gasteiger charge is -2.20. The Morgan fingerprint density at radius 1 is 1.08 bits per heavy atom. The van der Waals surface area contributed by atoms with E-state index in [9.17, 15) is 22.8 Å². The van der Waals surface area contributed by atoms with Crippen molar-refractivity contribution in [2.75, 3.05) is 10.6 Å². The second-order valence-electron chi connectivity index (χ2n) is 5.47. The average molecular weight is 366 g/mol. The number of nitrogens with zero attached hydrogens (tertiary/aromatic N) is 1.